The molecule has 1 saturated heterocycles. The lowest BCUT2D eigenvalue weighted by Crippen LogP contribution is -2.42. The topological polar surface area (TPSA) is 56.2 Å². The van der Waals surface area contributed by atoms with Crippen molar-refractivity contribution in [3.05, 3.63) is 17.7 Å². The maximum atomic E-state index is 12.5. The lowest BCUT2D eigenvalue weighted by atomic mass is 10.0. The van der Waals surface area contributed by atoms with Crippen molar-refractivity contribution in [3.63, 3.8) is 0 Å². The molecule has 1 aromatic rings. The summed E-state index contributed by atoms with van der Waals surface area (Å²) in [5.74, 6) is 2.08. The number of rotatable bonds is 6. The van der Waals surface area contributed by atoms with Gasteiger partial charge in [0.15, 0.2) is 0 Å². The Hall–Kier alpha value is -0.560. The van der Waals surface area contributed by atoms with Crippen LogP contribution in [0.25, 0.3) is 0 Å². The third-order valence-electron chi connectivity index (χ3n) is 4.71. The maximum absolute atomic E-state index is 12.5. The second-order valence-electron chi connectivity index (χ2n) is 8.50. The zero-order valence-corrected chi connectivity index (χ0v) is 17.1. The number of nitrogens with one attached hydrogen (secondary N) is 1. The van der Waals surface area contributed by atoms with Gasteiger partial charge >= 0.3 is 0 Å². The summed E-state index contributed by atoms with van der Waals surface area (Å²) in [6.45, 7) is 15.7. The highest BCUT2D eigenvalue weighted by Gasteiger charge is 2.32. The molecule has 0 aliphatic carbocycles. The summed E-state index contributed by atoms with van der Waals surface area (Å²) in [5, 5.41) is 0. The van der Waals surface area contributed by atoms with Crippen LogP contribution in [0.4, 0.5) is 0 Å². The average molecular weight is 355 g/mol. The number of hydrogen-bond donors (Lipinski definition) is 1. The van der Waals surface area contributed by atoms with Gasteiger partial charge in [-0.15, -0.1) is 4.72 Å². The first kappa shape index (κ1) is 19.8. The normalized spacial score (nSPS) is 22.3. The molecule has 0 spiro atoms. The minimum atomic E-state index is -1.10. The van der Waals surface area contributed by atoms with E-state index < -0.39 is 11.4 Å². The fourth-order valence-electron chi connectivity index (χ4n) is 3.15. The largest absolute Gasteiger partial charge is 0.598 e. The molecule has 24 heavy (non-hydrogen) atoms. The van der Waals surface area contributed by atoms with Gasteiger partial charge < -0.3 is 14.0 Å². The number of likely N-dealkylation sites (tertiary alicyclic amines) is 1. The molecule has 1 N–H and O–H groups in total. The molecular weight excluding hydrogens is 320 g/mol. The smallest absolute Gasteiger partial charge is 0.136 e. The molecule has 2 heterocycles. The molecule has 1 aliphatic heterocycles. The minimum absolute atomic E-state index is 0.0104. The SMILES string of the molecule is Cc1nc([C@@H](N[S+]([O-])C(C)(C)C)C(C)C)cn1CC1CCN(C)C1. The Bertz CT molecular complexity index is 538. The van der Waals surface area contributed by atoms with E-state index in [9.17, 15) is 4.55 Å². The second-order valence-corrected chi connectivity index (χ2v) is 10.5. The molecule has 0 saturated carbocycles. The quantitative estimate of drug-likeness (QED) is 0.798. The number of aromatic nitrogens is 2. The van der Waals surface area contributed by atoms with E-state index in [4.69, 9.17) is 4.98 Å². The summed E-state index contributed by atoms with van der Waals surface area (Å²) in [4.78, 5) is 7.17. The Labute approximate surface area is 150 Å². The Balaban J connectivity index is 2.12. The van der Waals surface area contributed by atoms with E-state index in [0.717, 1.165) is 24.6 Å². The first-order chi connectivity index (χ1) is 11.1. The van der Waals surface area contributed by atoms with Crippen molar-refractivity contribution in [2.75, 3.05) is 20.1 Å². The highest BCUT2D eigenvalue weighted by molar-refractivity contribution is 7.90. The van der Waals surface area contributed by atoms with E-state index in [-0.39, 0.29) is 10.8 Å². The summed E-state index contributed by atoms with van der Waals surface area (Å²) >= 11 is -1.10. The van der Waals surface area contributed by atoms with Crippen LogP contribution >= 0.6 is 0 Å². The Morgan fingerprint density at radius 3 is 2.58 bits per heavy atom. The number of aryl methyl sites for hydroxylation is 1. The number of imidazole rings is 1. The highest BCUT2D eigenvalue weighted by atomic mass is 32.2. The second kappa shape index (κ2) is 7.77. The molecule has 1 aromatic heterocycles. The zero-order valence-electron chi connectivity index (χ0n) is 16.3. The zero-order chi connectivity index (χ0) is 18.1. The van der Waals surface area contributed by atoms with E-state index in [1.54, 1.807) is 0 Å². The van der Waals surface area contributed by atoms with Crippen molar-refractivity contribution in [1.29, 1.82) is 0 Å². The molecule has 2 unspecified atom stereocenters. The summed E-state index contributed by atoms with van der Waals surface area (Å²) in [6, 6.07) is 0.0104. The third-order valence-corrected chi connectivity index (χ3v) is 6.29. The first-order valence-corrected chi connectivity index (χ1v) is 10.1. The van der Waals surface area contributed by atoms with E-state index in [1.807, 2.05) is 20.8 Å². The molecule has 0 aromatic carbocycles. The maximum Gasteiger partial charge on any atom is 0.136 e. The predicted molar refractivity (Wildman–Crippen MR) is 101 cm³/mol. The highest BCUT2D eigenvalue weighted by Crippen LogP contribution is 2.26. The van der Waals surface area contributed by atoms with Crippen LogP contribution in [0, 0.1) is 18.8 Å². The summed E-state index contributed by atoms with van der Waals surface area (Å²) in [7, 11) is 2.19. The van der Waals surface area contributed by atoms with Gasteiger partial charge in [-0.25, -0.2) is 4.98 Å². The lowest BCUT2D eigenvalue weighted by molar-refractivity contribution is 0.376. The van der Waals surface area contributed by atoms with Gasteiger partial charge in [0.05, 0.1) is 11.7 Å². The molecule has 5 nitrogen and oxygen atoms in total. The number of nitrogens with zero attached hydrogens (tertiary/aromatic N) is 3. The minimum Gasteiger partial charge on any atom is -0.598 e. The van der Waals surface area contributed by atoms with Crippen molar-refractivity contribution >= 4 is 11.4 Å². The van der Waals surface area contributed by atoms with Gasteiger partial charge in [-0.3, -0.25) is 0 Å². The molecule has 0 radical (unpaired) electrons. The summed E-state index contributed by atoms with van der Waals surface area (Å²) < 4.78 is 17.8. The van der Waals surface area contributed by atoms with Crippen LogP contribution in [0.5, 0.6) is 0 Å². The van der Waals surface area contributed by atoms with Gasteiger partial charge in [0.2, 0.25) is 0 Å². The first-order valence-electron chi connectivity index (χ1n) is 8.98. The van der Waals surface area contributed by atoms with Gasteiger partial charge in [-0.05, 0) is 59.5 Å². The van der Waals surface area contributed by atoms with Crippen molar-refractivity contribution in [1.82, 2.24) is 19.2 Å². The fraction of sp³-hybridized carbons (Fsp3) is 0.833. The Morgan fingerprint density at radius 2 is 2.08 bits per heavy atom. The molecule has 1 fully saturated rings. The summed E-state index contributed by atoms with van der Waals surface area (Å²) in [5.41, 5.74) is 1.01. The monoisotopic (exact) mass is 354 g/mol. The van der Waals surface area contributed by atoms with Crippen LogP contribution in [-0.2, 0) is 17.9 Å². The molecular formula is C18H34N4OS. The lowest BCUT2D eigenvalue weighted by Gasteiger charge is -2.28. The predicted octanol–water partition coefficient (Wildman–Crippen LogP) is 2.89. The van der Waals surface area contributed by atoms with E-state index in [0.29, 0.717) is 11.8 Å². The Morgan fingerprint density at radius 1 is 1.42 bits per heavy atom. The van der Waals surface area contributed by atoms with E-state index in [2.05, 4.69) is 48.2 Å². The van der Waals surface area contributed by atoms with Gasteiger partial charge in [0.1, 0.15) is 10.6 Å². The molecule has 0 amide bonds. The van der Waals surface area contributed by atoms with Crippen molar-refractivity contribution in [2.24, 2.45) is 11.8 Å². The standard InChI is InChI=1S/C18H34N4OS/c1-13(2)17(20-24(23)18(4,5)6)16-12-22(14(3)19-16)11-15-8-9-21(7)10-15/h12-13,15,17,20H,8-11H2,1-7H3/t15?,17-,24?/m0/s1. The van der Waals surface area contributed by atoms with Crippen LogP contribution in [0.2, 0.25) is 0 Å². The van der Waals surface area contributed by atoms with Gasteiger partial charge in [0, 0.05) is 30.6 Å². The van der Waals surface area contributed by atoms with E-state index in [1.165, 1.54) is 13.0 Å². The molecule has 1 aliphatic rings. The van der Waals surface area contributed by atoms with Crippen molar-refractivity contribution in [2.45, 2.75) is 65.3 Å². The fourth-order valence-corrected chi connectivity index (χ4v) is 4.13. The molecule has 3 atom stereocenters. The van der Waals surface area contributed by atoms with Crippen LogP contribution in [0.3, 0.4) is 0 Å². The molecule has 138 valence electrons. The molecule has 0 bridgehead atoms. The van der Waals surface area contributed by atoms with Crippen LogP contribution in [0.15, 0.2) is 6.20 Å². The van der Waals surface area contributed by atoms with Crippen LogP contribution in [0.1, 0.15) is 58.6 Å². The van der Waals surface area contributed by atoms with Crippen molar-refractivity contribution in [3.8, 4) is 0 Å². The average Bonchev–Trinajstić information content (AvgIpc) is 3.01. The van der Waals surface area contributed by atoms with Crippen molar-refractivity contribution < 1.29 is 4.55 Å². The van der Waals surface area contributed by atoms with Gasteiger partial charge in [-0.2, -0.15) is 0 Å². The molecule has 2 rings (SSSR count). The summed E-state index contributed by atoms with van der Waals surface area (Å²) in [6.07, 6.45) is 3.41. The van der Waals surface area contributed by atoms with Crippen LogP contribution in [-0.4, -0.2) is 43.9 Å². The van der Waals surface area contributed by atoms with Crippen LogP contribution < -0.4 is 4.72 Å². The number of hydrogen-bond acceptors (Lipinski definition) is 4. The molecule has 6 heteroatoms. The third kappa shape index (κ3) is 4.97. The Kier molecular flexibility index (Phi) is 6.40. The van der Waals surface area contributed by atoms with Gasteiger partial charge in [-0.1, -0.05) is 13.8 Å². The van der Waals surface area contributed by atoms with Gasteiger partial charge in [0.25, 0.3) is 0 Å². The van der Waals surface area contributed by atoms with E-state index >= 15 is 0 Å².